The fourth-order valence-electron chi connectivity index (χ4n) is 2.12. The molecule has 138 valence electrons. The van der Waals surface area contributed by atoms with Crippen LogP contribution >= 0.6 is 23.4 Å². The summed E-state index contributed by atoms with van der Waals surface area (Å²) in [4.78, 5) is 37.4. The molecular formula is C18H19ClN2O4S. The number of nitrogens with zero attached hydrogens (tertiary/aromatic N) is 1. The van der Waals surface area contributed by atoms with Gasteiger partial charge in [0, 0.05) is 6.54 Å². The first kappa shape index (κ1) is 20.1. The zero-order valence-corrected chi connectivity index (χ0v) is 15.9. The van der Waals surface area contributed by atoms with Crippen LogP contribution in [0.25, 0.3) is 6.08 Å². The first-order valence-corrected chi connectivity index (χ1v) is 9.21. The van der Waals surface area contributed by atoms with E-state index in [9.17, 15) is 14.4 Å². The highest BCUT2D eigenvalue weighted by Gasteiger charge is 2.36. The lowest BCUT2D eigenvalue weighted by Crippen LogP contribution is -2.39. The maximum absolute atomic E-state index is 12.4. The van der Waals surface area contributed by atoms with E-state index in [1.807, 2.05) is 6.92 Å². The molecule has 1 fully saturated rings. The summed E-state index contributed by atoms with van der Waals surface area (Å²) in [5.41, 5.74) is 0.655. The maximum atomic E-state index is 12.4. The number of amides is 3. The standard InChI is InChI=1S/C18H19ClN2O4S/c1-3-7-20-16(22)11-21-17(23)15(26-18(21)24)10-12-5-6-14(13(19)9-12)25-8-4-2/h4-6,9-10H,2-3,7-8,11H2,1H3,(H,20,22)/b15-10-. The van der Waals surface area contributed by atoms with Crippen molar-refractivity contribution in [3.8, 4) is 5.75 Å². The number of benzene rings is 1. The molecule has 0 saturated carbocycles. The van der Waals surface area contributed by atoms with Crippen LogP contribution in [0.1, 0.15) is 18.9 Å². The van der Waals surface area contributed by atoms with Crippen molar-refractivity contribution in [1.82, 2.24) is 10.2 Å². The molecule has 3 amide bonds. The van der Waals surface area contributed by atoms with Gasteiger partial charge in [0.15, 0.2) is 0 Å². The molecule has 0 aromatic heterocycles. The minimum Gasteiger partial charge on any atom is -0.488 e. The summed E-state index contributed by atoms with van der Waals surface area (Å²) in [5.74, 6) is -0.346. The van der Waals surface area contributed by atoms with Crippen LogP contribution in [0.4, 0.5) is 4.79 Å². The zero-order valence-electron chi connectivity index (χ0n) is 14.3. The van der Waals surface area contributed by atoms with Gasteiger partial charge in [-0.05, 0) is 42.0 Å². The molecule has 0 radical (unpaired) electrons. The normalized spacial score (nSPS) is 15.5. The Kier molecular flexibility index (Phi) is 7.29. The second-order valence-corrected chi connectivity index (χ2v) is 6.81. The molecular weight excluding hydrogens is 376 g/mol. The number of imide groups is 1. The number of carbonyl (C=O) groups is 3. The Bertz CT molecular complexity index is 764. The van der Waals surface area contributed by atoms with E-state index >= 15 is 0 Å². The van der Waals surface area contributed by atoms with E-state index in [0.29, 0.717) is 29.5 Å². The number of rotatable bonds is 8. The number of halogens is 1. The SMILES string of the molecule is C=CCOc1ccc(/C=C2\SC(=O)N(CC(=O)NCCC)C2=O)cc1Cl. The van der Waals surface area contributed by atoms with Crippen molar-refractivity contribution in [1.29, 1.82) is 0 Å². The minimum absolute atomic E-state index is 0.245. The molecule has 6 nitrogen and oxygen atoms in total. The van der Waals surface area contributed by atoms with Crippen LogP contribution in [-0.4, -0.2) is 41.6 Å². The van der Waals surface area contributed by atoms with Gasteiger partial charge in [0.2, 0.25) is 5.91 Å². The van der Waals surface area contributed by atoms with Gasteiger partial charge in [-0.25, -0.2) is 0 Å². The molecule has 1 aliphatic rings. The molecule has 1 aromatic rings. The Hall–Kier alpha value is -2.25. The second kappa shape index (κ2) is 9.45. The highest BCUT2D eigenvalue weighted by Crippen LogP contribution is 2.33. The highest BCUT2D eigenvalue weighted by atomic mass is 35.5. The van der Waals surface area contributed by atoms with Gasteiger partial charge < -0.3 is 10.1 Å². The Morgan fingerprint density at radius 2 is 2.19 bits per heavy atom. The number of hydrogen-bond donors (Lipinski definition) is 1. The van der Waals surface area contributed by atoms with Crippen molar-refractivity contribution in [3.05, 3.63) is 46.3 Å². The van der Waals surface area contributed by atoms with Crippen molar-refractivity contribution in [3.63, 3.8) is 0 Å². The first-order valence-electron chi connectivity index (χ1n) is 8.01. The number of carbonyl (C=O) groups excluding carboxylic acids is 3. The Balaban J connectivity index is 2.10. The lowest BCUT2D eigenvalue weighted by molar-refractivity contribution is -0.129. The summed E-state index contributed by atoms with van der Waals surface area (Å²) in [5, 5.41) is 2.56. The lowest BCUT2D eigenvalue weighted by Gasteiger charge is -2.11. The van der Waals surface area contributed by atoms with Crippen LogP contribution in [-0.2, 0) is 9.59 Å². The van der Waals surface area contributed by atoms with Crippen LogP contribution in [0.15, 0.2) is 35.8 Å². The minimum atomic E-state index is -0.491. The van der Waals surface area contributed by atoms with E-state index in [2.05, 4.69) is 11.9 Å². The molecule has 0 aliphatic carbocycles. The summed E-state index contributed by atoms with van der Waals surface area (Å²) in [6, 6.07) is 5.05. The molecule has 1 aliphatic heterocycles. The van der Waals surface area contributed by atoms with E-state index in [4.69, 9.17) is 16.3 Å². The quantitative estimate of drug-likeness (QED) is 0.539. The van der Waals surface area contributed by atoms with Crippen molar-refractivity contribution in [2.45, 2.75) is 13.3 Å². The van der Waals surface area contributed by atoms with Gasteiger partial charge in [-0.3, -0.25) is 19.3 Å². The van der Waals surface area contributed by atoms with E-state index in [1.165, 1.54) is 0 Å². The molecule has 0 unspecified atom stereocenters. The zero-order chi connectivity index (χ0) is 19.1. The van der Waals surface area contributed by atoms with Gasteiger partial charge >= 0.3 is 0 Å². The van der Waals surface area contributed by atoms with Crippen molar-refractivity contribution in [2.75, 3.05) is 19.7 Å². The van der Waals surface area contributed by atoms with Crippen LogP contribution in [0, 0.1) is 0 Å². The van der Waals surface area contributed by atoms with Gasteiger partial charge in [-0.15, -0.1) is 0 Å². The Morgan fingerprint density at radius 1 is 1.42 bits per heavy atom. The Morgan fingerprint density at radius 3 is 2.85 bits per heavy atom. The van der Waals surface area contributed by atoms with Crippen LogP contribution < -0.4 is 10.1 Å². The molecule has 1 N–H and O–H groups in total. The molecule has 0 spiro atoms. The monoisotopic (exact) mass is 394 g/mol. The number of nitrogens with one attached hydrogen (secondary N) is 1. The number of hydrogen-bond acceptors (Lipinski definition) is 5. The van der Waals surface area contributed by atoms with Gasteiger partial charge in [0.1, 0.15) is 18.9 Å². The van der Waals surface area contributed by atoms with Crippen molar-refractivity contribution < 1.29 is 19.1 Å². The van der Waals surface area contributed by atoms with Gasteiger partial charge in [0.05, 0.1) is 9.93 Å². The number of thioether (sulfide) groups is 1. The molecule has 0 atom stereocenters. The lowest BCUT2D eigenvalue weighted by atomic mass is 10.2. The maximum Gasteiger partial charge on any atom is 0.294 e. The smallest absolute Gasteiger partial charge is 0.294 e. The first-order chi connectivity index (χ1) is 12.5. The fraction of sp³-hybridized carbons (Fsp3) is 0.278. The highest BCUT2D eigenvalue weighted by molar-refractivity contribution is 8.18. The second-order valence-electron chi connectivity index (χ2n) is 5.41. The summed E-state index contributed by atoms with van der Waals surface area (Å²) >= 11 is 6.95. The van der Waals surface area contributed by atoms with E-state index in [-0.39, 0.29) is 17.4 Å². The molecule has 1 saturated heterocycles. The predicted molar refractivity (Wildman–Crippen MR) is 103 cm³/mol. The molecule has 1 aromatic carbocycles. The van der Waals surface area contributed by atoms with E-state index in [0.717, 1.165) is 23.1 Å². The average molecular weight is 395 g/mol. The molecule has 1 heterocycles. The molecule has 8 heteroatoms. The van der Waals surface area contributed by atoms with Crippen LogP contribution in [0.3, 0.4) is 0 Å². The molecule has 0 bridgehead atoms. The van der Waals surface area contributed by atoms with E-state index in [1.54, 1.807) is 30.4 Å². The Labute approximate surface area is 161 Å². The average Bonchev–Trinajstić information content (AvgIpc) is 2.86. The van der Waals surface area contributed by atoms with Crippen molar-refractivity contribution in [2.24, 2.45) is 0 Å². The largest absolute Gasteiger partial charge is 0.488 e. The van der Waals surface area contributed by atoms with E-state index < -0.39 is 11.1 Å². The van der Waals surface area contributed by atoms with Gasteiger partial charge in [-0.2, -0.15) is 0 Å². The van der Waals surface area contributed by atoms with Crippen LogP contribution in [0.5, 0.6) is 5.75 Å². The number of ether oxygens (including phenoxy) is 1. The summed E-state index contributed by atoms with van der Waals surface area (Å²) in [6.07, 6.45) is 3.95. The van der Waals surface area contributed by atoms with Gasteiger partial charge in [0.25, 0.3) is 11.1 Å². The molecule has 2 rings (SSSR count). The molecule has 26 heavy (non-hydrogen) atoms. The van der Waals surface area contributed by atoms with Crippen LogP contribution in [0.2, 0.25) is 5.02 Å². The summed E-state index contributed by atoms with van der Waals surface area (Å²) < 4.78 is 5.39. The summed E-state index contributed by atoms with van der Waals surface area (Å²) in [7, 11) is 0. The summed E-state index contributed by atoms with van der Waals surface area (Å²) in [6.45, 7) is 6.04. The predicted octanol–water partition coefficient (Wildman–Crippen LogP) is 3.47. The topological polar surface area (TPSA) is 75.7 Å². The fourth-order valence-corrected chi connectivity index (χ4v) is 3.21. The third-order valence-electron chi connectivity index (χ3n) is 3.36. The third-order valence-corrected chi connectivity index (χ3v) is 4.56. The van der Waals surface area contributed by atoms with Gasteiger partial charge in [-0.1, -0.05) is 37.2 Å². The van der Waals surface area contributed by atoms with Crippen molar-refractivity contribution >= 4 is 46.5 Å². The third kappa shape index (κ3) is 5.12.